The lowest BCUT2D eigenvalue weighted by atomic mass is 9.96. The van der Waals surface area contributed by atoms with Crippen molar-refractivity contribution >= 4 is 27.1 Å². The Balaban J connectivity index is 2.50. The molecule has 1 heteroatoms. The van der Waals surface area contributed by atoms with Gasteiger partial charge in [-0.3, -0.25) is 4.98 Å². The molecule has 0 N–H and O–H groups in total. The number of benzene rings is 2. The maximum absolute atomic E-state index is 4.45. The molecule has 94 valence electrons. The second kappa shape index (κ2) is 4.20. The molecule has 1 heterocycles. The summed E-state index contributed by atoms with van der Waals surface area (Å²) in [5.41, 5.74) is 4.67. The molecule has 0 amide bonds. The van der Waals surface area contributed by atoms with E-state index in [2.05, 4.69) is 55.7 Å². The zero-order valence-electron chi connectivity index (χ0n) is 11.6. The smallest absolute Gasteiger partial charge is 0.0731 e. The van der Waals surface area contributed by atoms with E-state index in [0.717, 1.165) is 11.3 Å². The van der Waals surface area contributed by atoms with Crippen LogP contribution in [0.1, 0.15) is 23.7 Å². The fourth-order valence-electron chi connectivity index (χ4n) is 2.60. The lowest BCUT2D eigenvalue weighted by Gasteiger charge is -2.10. The minimum Gasteiger partial charge on any atom is -0.256 e. The van der Waals surface area contributed by atoms with Crippen LogP contribution >= 0.6 is 0 Å². The summed E-state index contributed by atoms with van der Waals surface area (Å²) in [4.78, 5) is 4.45. The summed E-state index contributed by atoms with van der Waals surface area (Å²) < 4.78 is 0. The normalized spacial score (nSPS) is 11.1. The molecule has 0 unspecified atom stereocenters. The average molecular weight is 247 g/mol. The molecule has 0 atom stereocenters. The van der Waals surface area contributed by atoms with Gasteiger partial charge in [-0.05, 0) is 59.7 Å². The van der Waals surface area contributed by atoms with E-state index in [1.54, 1.807) is 0 Å². The monoisotopic (exact) mass is 247 g/mol. The zero-order chi connectivity index (χ0) is 13.6. The van der Waals surface area contributed by atoms with Gasteiger partial charge in [0, 0.05) is 11.6 Å². The summed E-state index contributed by atoms with van der Waals surface area (Å²) >= 11 is 0. The maximum atomic E-state index is 4.45. The van der Waals surface area contributed by atoms with E-state index in [9.17, 15) is 0 Å². The Morgan fingerprint density at radius 2 is 1.68 bits per heavy atom. The molecule has 0 aliphatic heterocycles. The van der Waals surface area contributed by atoms with Crippen molar-refractivity contribution in [2.75, 3.05) is 0 Å². The van der Waals surface area contributed by atoms with Crippen LogP contribution in [-0.4, -0.2) is 4.98 Å². The second-order valence-corrected chi connectivity index (χ2v) is 5.26. The Morgan fingerprint density at radius 3 is 2.42 bits per heavy atom. The van der Waals surface area contributed by atoms with E-state index in [-0.39, 0.29) is 0 Å². The van der Waals surface area contributed by atoms with Crippen LogP contribution in [0.15, 0.2) is 43.1 Å². The lowest BCUT2D eigenvalue weighted by molar-refractivity contribution is 1.30. The minimum atomic E-state index is 0.998. The van der Waals surface area contributed by atoms with Crippen molar-refractivity contribution in [1.29, 1.82) is 0 Å². The summed E-state index contributed by atoms with van der Waals surface area (Å²) in [7, 11) is 0. The van der Waals surface area contributed by atoms with E-state index in [0.29, 0.717) is 0 Å². The SMILES string of the molecule is C=C(C)c1nccc2c1ccc1cc(C)c(C)cc12. The third-order valence-corrected chi connectivity index (χ3v) is 3.78. The standard InChI is InChI=1S/C18H17N/c1-11(2)18-16-6-5-14-9-12(3)13(4)10-17(14)15(16)7-8-19-18/h5-10H,1H2,2-4H3. The summed E-state index contributed by atoms with van der Waals surface area (Å²) in [5.74, 6) is 0. The quantitative estimate of drug-likeness (QED) is 0.549. The number of aromatic nitrogens is 1. The molecule has 19 heavy (non-hydrogen) atoms. The van der Waals surface area contributed by atoms with Crippen molar-refractivity contribution in [3.05, 3.63) is 59.9 Å². The van der Waals surface area contributed by atoms with Gasteiger partial charge in [-0.15, -0.1) is 0 Å². The molecule has 2 aromatic carbocycles. The molecule has 0 spiro atoms. The predicted octanol–water partition coefficient (Wildman–Crippen LogP) is 5.04. The molecule has 0 fully saturated rings. The van der Waals surface area contributed by atoms with Gasteiger partial charge in [0.15, 0.2) is 0 Å². The molecule has 0 bridgehead atoms. The summed E-state index contributed by atoms with van der Waals surface area (Å²) in [6.07, 6.45) is 1.88. The Kier molecular flexibility index (Phi) is 2.63. The number of rotatable bonds is 1. The Labute approximate surface area is 113 Å². The molecule has 1 nitrogen and oxygen atoms in total. The van der Waals surface area contributed by atoms with E-state index >= 15 is 0 Å². The van der Waals surface area contributed by atoms with E-state index in [1.807, 2.05) is 13.1 Å². The molecule has 3 rings (SSSR count). The minimum absolute atomic E-state index is 0.998. The third-order valence-electron chi connectivity index (χ3n) is 3.78. The van der Waals surface area contributed by atoms with Crippen molar-refractivity contribution in [1.82, 2.24) is 4.98 Å². The summed E-state index contributed by atoms with van der Waals surface area (Å²) in [5, 5.41) is 5.03. The summed E-state index contributed by atoms with van der Waals surface area (Å²) in [6.45, 7) is 10.3. The molecule has 0 saturated carbocycles. The topological polar surface area (TPSA) is 12.9 Å². The molecule has 0 aliphatic rings. The van der Waals surface area contributed by atoms with Crippen molar-refractivity contribution in [3.8, 4) is 0 Å². The first kappa shape index (κ1) is 11.9. The van der Waals surface area contributed by atoms with Gasteiger partial charge in [0.1, 0.15) is 0 Å². The van der Waals surface area contributed by atoms with E-state index in [4.69, 9.17) is 0 Å². The van der Waals surface area contributed by atoms with Crippen LogP contribution in [0.4, 0.5) is 0 Å². The van der Waals surface area contributed by atoms with Crippen LogP contribution < -0.4 is 0 Å². The third kappa shape index (κ3) is 1.82. The summed E-state index contributed by atoms with van der Waals surface area (Å²) in [6, 6.07) is 11.0. The van der Waals surface area contributed by atoms with Crippen molar-refractivity contribution in [3.63, 3.8) is 0 Å². The Morgan fingerprint density at radius 1 is 0.947 bits per heavy atom. The fraction of sp³-hybridized carbons (Fsp3) is 0.167. The average Bonchev–Trinajstić information content (AvgIpc) is 2.39. The highest BCUT2D eigenvalue weighted by Gasteiger charge is 2.07. The van der Waals surface area contributed by atoms with E-state index < -0.39 is 0 Å². The van der Waals surface area contributed by atoms with Gasteiger partial charge >= 0.3 is 0 Å². The molecular formula is C18H17N. The largest absolute Gasteiger partial charge is 0.256 e. The number of allylic oxidation sites excluding steroid dienone is 1. The van der Waals surface area contributed by atoms with Crippen LogP contribution in [0.25, 0.3) is 27.1 Å². The Bertz CT molecular complexity index is 813. The number of pyridine rings is 1. The maximum Gasteiger partial charge on any atom is 0.0731 e. The number of fused-ring (bicyclic) bond motifs is 3. The van der Waals surface area contributed by atoms with Gasteiger partial charge in [0.05, 0.1) is 5.69 Å². The van der Waals surface area contributed by atoms with Gasteiger partial charge < -0.3 is 0 Å². The first-order chi connectivity index (χ1) is 9.08. The van der Waals surface area contributed by atoms with Gasteiger partial charge in [0.25, 0.3) is 0 Å². The molecule has 1 aromatic heterocycles. The highest BCUT2D eigenvalue weighted by molar-refractivity contribution is 6.10. The van der Waals surface area contributed by atoms with Gasteiger partial charge in [-0.2, -0.15) is 0 Å². The van der Waals surface area contributed by atoms with Crippen molar-refractivity contribution < 1.29 is 0 Å². The highest BCUT2D eigenvalue weighted by atomic mass is 14.7. The van der Waals surface area contributed by atoms with Crippen LogP contribution in [0.5, 0.6) is 0 Å². The number of hydrogen-bond donors (Lipinski definition) is 0. The van der Waals surface area contributed by atoms with Gasteiger partial charge in [0.2, 0.25) is 0 Å². The lowest BCUT2D eigenvalue weighted by Crippen LogP contribution is -1.89. The first-order valence-electron chi connectivity index (χ1n) is 6.52. The van der Waals surface area contributed by atoms with Crippen LogP contribution in [-0.2, 0) is 0 Å². The second-order valence-electron chi connectivity index (χ2n) is 5.26. The zero-order valence-corrected chi connectivity index (χ0v) is 11.6. The van der Waals surface area contributed by atoms with Gasteiger partial charge in [-0.25, -0.2) is 0 Å². The molecule has 0 aliphatic carbocycles. The van der Waals surface area contributed by atoms with Crippen LogP contribution in [0, 0.1) is 13.8 Å². The Hall–Kier alpha value is -2.15. The van der Waals surface area contributed by atoms with Crippen molar-refractivity contribution in [2.24, 2.45) is 0 Å². The predicted molar refractivity (Wildman–Crippen MR) is 83.4 cm³/mol. The number of nitrogens with zero attached hydrogens (tertiary/aromatic N) is 1. The van der Waals surface area contributed by atoms with Gasteiger partial charge in [-0.1, -0.05) is 30.8 Å². The molecular weight excluding hydrogens is 230 g/mol. The van der Waals surface area contributed by atoms with Crippen LogP contribution in [0.2, 0.25) is 0 Å². The number of aryl methyl sites for hydroxylation is 2. The van der Waals surface area contributed by atoms with Crippen LogP contribution in [0.3, 0.4) is 0 Å². The number of hydrogen-bond acceptors (Lipinski definition) is 1. The molecule has 0 saturated heterocycles. The molecule has 0 radical (unpaired) electrons. The molecule has 3 aromatic rings. The van der Waals surface area contributed by atoms with E-state index in [1.165, 1.54) is 32.7 Å². The highest BCUT2D eigenvalue weighted by Crippen LogP contribution is 2.30. The van der Waals surface area contributed by atoms with Crippen molar-refractivity contribution in [2.45, 2.75) is 20.8 Å². The fourth-order valence-corrected chi connectivity index (χ4v) is 2.60. The first-order valence-corrected chi connectivity index (χ1v) is 6.52.